The molecular weight excluding hydrogens is 170 g/mol. The van der Waals surface area contributed by atoms with E-state index in [-0.39, 0.29) is 17.4 Å². The second-order valence-corrected chi connectivity index (χ2v) is 3.85. The molecule has 0 radical (unpaired) electrons. The molecule has 4 heteroatoms. The number of rotatable bonds is 3. The topological polar surface area (TPSA) is 47.6 Å². The molecule has 1 aliphatic heterocycles. The van der Waals surface area contributed by atoms with E-state index >= 15 is 0 Å². The van der Waals surface area contributed by atoms with Gasteiger partial charge in [-0.25, -0.2) is 0 Å². The van der Waals surface area contributed by atoms with Crippen LogP contribution in [0.2, 0.25) is 0 Å². The fourth-order valence-electron chi connectivity index (χ4n) is 2.45. The highest BCUT2D eigenvalue weighted by Gasteiger charge is 2.68. The maximum Gasteiger partial charge on any atom is 0.313 e. The Morgan fingerprint density at radius 1 is 1.62 bits per heavy atom. The SMILES string of the molecule is COC[C@@H]1NC[C@H]2C[C@]21C(=O)OC. The molecule has 74 valence electrons. The minimum absolute atomic E-state index is 0.0791. The molecule has 0 spiro atoms. The Balaban J connectivity index is 2.09. The highest BCUT2D eigenvalue weighted by atomic mass is 16.5. The quantitative estimate of drug-likeness (QED) is 0.618. The van der Waals surface area contributed by atoms with Gasteiger partial charge in [0, 0.05) is 13.2 Å². The lowest BCUT2D eigenvalue weighted by atomic mass is 9.97. The molecular formula is C9H15NO3. The van der Waals surface area contributed by atoms with Crippen LogP contribution in [0.5, 0.6) is 0 Å². The molecule has 4 nitrogen and oxygen atoms in total. The molecule has 1 saturated heterocycles. The van der Waals surface area contributed by atoms with Crippen LogP contribution < -0.4 is 5.32 Å². The van der Waals surface area contributed by atoms with Gasteiger partial charge in [-0.2, -0.15) is 0 Å². The van der Waals surface area contributed by atoms with Crippen LogP contribution in [0.1, 0.15) is 6.42 Å². The predicted octanol–water partition coefficient (Wildman–Crippen LogP) is -0.216. The van der Waals surface area contributed by atoms with Crippen LogP contribution >= 0.6 is 0 Å². The molecule has 0 unspecified atom stereocenters. The highest BCUT2D eigenvalue weighted by molar-refractivity contribution is 5.82. The van der Waals surface area contributed by atoms with E-state index in [2.05, 4.69) is 5.32 Å². The Kier molecular flexibility index (Phi) is 2.04. The molecule has 0 aromatic rings. The third kappa shape index (κ3) is 1.09. The minimum Gasteiger partial charge on any atom is -0.469 e. The standard InChI is InChI=1S/C9H15NO3/c1-12-5-7-9(8(11)13-2)3-6(9)4-10-7/h6-7,10H,3-5H2,1-2H3/t6-,7+,9+/m1/s1. The smallest absolute Gasteiger partial charge is 0.313 e. The molecule has 1 aliphatic carbocycles. The molecule has 3 atom stereocenters. The zero-order chi connectivity index (χ0) is 9.47. The van der Waals surface area contributed by atoms with E-state index < -0.39 is 0 Å². The van der Waals surface area contributed by atoms with Gasteiger partial charge in [-0.05, 0) is 18.9 Å². The van der Waals surface area contributed by atoms with Crippen LogP contribution in [0.25, 0.3) is 0 Å². The van der Waals surface area contributed by atoms with Gasteiger partial charge in [0.25, 0.3) is 0 Å². The Hall–Kier alpha value is -0.610. The first-order chi connectivity index (χ1) is 6.25. The number of hydrogen-bond donors (Lipinski definition) is 1. The molecule has 1 N–H and O–H groups in total. The lowest BCUT2D eigenvalue weighted by Crippen LogP contribution is -2.40. The van der Waals surface area contributed by atoms with Gasteiger partial charge in [0.15, 0.2) is 0 Å². The van der Waals surface area contributed by atoms with Crippen LogP contribution in [0.15, 0.2) is 0 Å². The summed E-state index contributed by atoms with van der Waals surface area (Å²) in [5, 5.41) is 3.29. The van der Waals surface area contributed by atoms with Crippen molar-refractivity contribution in [2.24, 2.45) is 11.3 Å². The van der Waals surface area contributed by atoms with Gasteiger partial charge in [0.2, 0.25) is 0 Å². The van der Waals surface area contributed by atoms with Gasteiger partial charge >= 0.3 is 5.97 Å². The van der Waals surface area contributed by atoms with Crippen molar-refractivity contribution in [3.05, 3.63) is 0 Å². The number of hydrogen-bond acceptors (Lipinski definition) is 4. The summed E-state index contributed by atoms with van der Waals surface area (Å²) >= 11 is 0. The van der Waals surface area contributed by atoms with Crippen molar-refractivity contribution < 1.29 is 14.3 Å². The molecule has 1 heterocycles. The number of ether oxygens (including phenoxy) is 2. The Morgan fingerprint density at radius 3 is 2.92 bits per heavy atom. The lowest BCUT2D eigenvalue weighted by Gasteiger charge is -2.20. The molecule has 1 saturated carbocycles. The molecule has 2 fully saturated rings. The van der Waals surface area contributed by atoms with Crippen LogP contribution in [0, 0.1) is 11.3 Å². The van der Waals surface area contributed by atoms with Crippen molar-refractivity contribution >= 4 is 5.97 Å². The summed E-state index contributed by atoms with van der Waals surface area (Å²) in [6.45, 7) is 1.51. The first-order valence-electron chi connectivity index (χ1n) is 4.56. The third-order valence-electron chi connectivity index (χ3n) is 3.28. The second-order valence-electron chi connectivity index (χ2n) is 3.85. The summed E-state index contributed by atoms with van der Waals surface area (Å²) in [6.07, 6.45) is 0.959. The molecule has 2 aliphatic rings. The predicted molar refractivity (Wildman–Crippen MR) is 46.2 cm³/mol. The Morgan fingerprint density at radius 2 is 2.38 bits per heavy atom. The summed E-state index contributed by atoms with van der Waals surface area (Å²) in [7, 11) is 3.11. The average molecular weight is 185 g/mol. The van der Waals surface area contributed by atoms with Crippen molar-refractivity contribution in [3.8, 4) is 0 Å². The van der Waals surface area contributed by atoms with Crippen molar-refractivity contribution in [2.45, 2.75) is 12.5 Å². The van der Waals surface area contributed by atoms with Gasteiger partial charge in [-0.15, -0.1) is 0 Å². The summed E-state index contributed by atoms with van der Waals surface area (Å²) in [6, 6.07) is 0.148. The number of carbonyl (C=O) groups is 1. The van der Waals surface area contributed by atoms with Gasteiger partial charge in [-0.1, -0.05) is 0 Å². The van der Waals surface area contributed by atoms with Crippen LogP contribution in [-0.4, -0.2) is 39.4 Å². The molecule has 0 amide bonds. The summed E-state index contributed by atoms with van der Waals surface area (Å²) < 4.78 is 9.89. The van der Waals surface area contributed by atoms with E-state index in [1.807, 2.05) is 0 Å². The van der Waals surface area contributed by atoms with Crippen molar-refractivity contribution in [2.75, 3.05) is 27.4 Å². The Bertz CT molecular complexity index is 231. The largest absolute Gasteiger partial charge is 0.469 e. The zero-order valence-corrected chi connectivity index (χ0v) is 8.00. The van der Waals surface area contributed by atoms with Crippen molar-refractivity contribution in [1.82, 2.24) is 5.32 Å². The molecule has 13 heavy (non-hydrogen) atoms. The first kappa shape index (κ1) is 8.97. The van der Waals surface area contributed by atoms with Crippen LogP contribution in [0.3, 0.4) is 0 Å². The van der Waals surface area contributed by atoms with Gasteiger partial charge in [-0.3, -0.25) is 4.79 Å². The lowest BCUT2D eigenvalue weighted by molar-refractivity contribution is -0.148. The summed E-state index contributed by atoms with van der Waals surface area (Å²) in [5.74, 6) is 0.393. The van der Waals surface area contributed by atoms with E-state index in [4.69, 9.17) is 9.47 Å². The molecule has 0 bridgehead atoms. The van der Waals surface area contributed by atoms with E-state index in [0.29, 0.717) is 12.5 Å². The van der Waals surface area contributed by atoms with Gasteiger partial charge < -0.3 is 14.8 Å². The van der Waals surface area contributed by atoms with Crippen molar-refractivity contribution in [3.63, 3.8) is 0 Å². The number of piperidine rings is 1. The molecule has 2 rings (SSSR count). The van der Waals surface area contributed by atoms with Crippen LogP contribution in [-0.2, 0) is 14.3 Å². The number of nitrogens with one attached hydrogen (secondary N) is 1. The van der Waals surface area contributed by atoms with Crippen LogP contribution in [0.4, 0.5) is 0 Å². The second kappa shape index (κ2) is 2.96. The molecule has 0 aromatic heterocycles. The fourth-order valence-corrected chi connectivity index (χ4v) is 2.45. The van der Waals surface area contributed by atoms with Gasteiger partial charge in [0.1, 0.15) is 0 Å². The first-order valence-corrected chi connectivity index (χ1v) is 4.56. The van der Waals surface area contributed by atoms with E-state index in [1.54, 1.807) is 7.11 Å². The average Bonchev–Trinajstić information content (AvgIpc) is 2.79. The normalized spacial score (nSPS) is 41.4. The van der Waals surface area contributed by atoms with Crippen molar-refractivity contribution in [1.29, 1.82) is 0 Å². The number of fused-ring (bicyclic) bond motifs is 1. The van der Waals surface area contributed by atoms with E-state index in [9.17, 15) is 4.79 Å². The third-order valence-corrected chi connectivity index (χ3v) is 3.28. The maximum absolute atomic E-state index is 11.5. The fraction of sp³-hybridized carbons (Fsp3) is 0.889. The maximum atomic E-state index is 11.5. The Labute approximate surface area is 77.6 Å². The highest BCUT2D eigenvalue weighted by Crippen LogP contribution is 2.59. The summed E-state index contributed by atoms with van der Waals surface area (Å²) in [5.41, 5.74) is -0.259. The summed E-state index contributed by atoms with van der Waals surface area (Å²) in [4.78, 5) is 11.5. The monoisotopic (exact) mass is 185 g/mol. The van der Waals surface area contributed by atoms with E-state index in [1.165, 1.54) is 7.11 Å². The van der Waals surface area contributed by atoms with Gasteiger partial charge in [0.05, 0.1) is 19.1 Å². The number of methoxy groups -OCH3 is 2. The molecule has 0 aromatic carbocycles. The number of carbonyl (C=O) groups excluding carboxylic acids is 1. The minimum atomic E-state index is -0.259. The number of esters is 1. The van der Waals surface area contributed by atoms with E-state index in [0.717, 1.165) is 13.0 Å². The zero-order valence-electron chi connectivity index (χ0n) is 8.00.